The van der Waals surface area contributed by atoms with Gasteiger partial charge in [-0.3, -0.25) is 4.79 Å². The van der Waals surface area contributed by atoms with Crippen LogP contribution in [0.25, 0.3) is 0 Å². The summed E-state index contributed by atoms with van der Waals surface area (Å²) in [5.74, 6) is 1.72. The number of amides is 1. The summed E-state index contributed by atoms with van der Waals surface area (Å²) in [6, 6.07) is 0. The first-order chi connectivity index (χ1) is 8.70. The molecule has 19 heavy (non-hydrogen) atoms. The highest BCUT2D eigenvalue weighted by molar-refractivity contribution is 5.77. The summed E-state index contributed by atoms with van der Waals surface area (Å²) in [7, 11) is 2.14. The summed E-state index contributed by atoms with van der Waals surface area (Å²) in [6.07, 6.45) is 1.69. The first kappa shape index (κ1) is 16.5. The van der Waals surface area contributed by atoms with E-state index in [0.29, 0.717) is 29.6 Å². The van der Waals surface area contributed by atoms with Crippen molar-refractivity contribution in [1.29, 1.82) is 0 Å². The van der Waals surface area contributed by atoms with E-state index >= 15 is 0 Å². The maximum absolute atomic E-state index is 12.0. The zero-order chi connectivity index (χ0) is 14.6. The maximum Gasteiger partial charge on any atom is 0.222 e. The van der Waals surface area contributed by atoms with Gasteiger partial charge >= 0.3 is 0 Å². The molecule has 0 aromatic rings. The van der Waals surface area contributed by atoms with Crippen molar-refractivity contribution in [3.63, 3.8) is 0 Å². The lowest BCUT2D eigenvalue weighted by atomic mass is 9.76. The second-order valence-corrected chi connectivity index (χ2v) is 7.62. The minimum absolute atomic E-state index is 0.342. The number of carbonyl (C=O) groups is 1. The number of hydrogen-bond acceptors (Lipinski definition) is 2. The van der Waals surface area contributed by atoms with Crippen molar-refractivity contribution < 1.29 is 4.79 Å². The standard InChI is InChI=1S/C16H32N2O/c1-13(2)10-17(6)9-7-8-15(19)18-11-14(12-18)16(3,4)5/h13-14H,7-12H2,1-6H3. The molecule has 0 spiro atoms. The van der Waals surface area contributed by atoms with Crippen molar-refractivity contribution in [1.82, 2.24) is 9.80 Å². The fourth-order valence-electron chi connectivity index (χ4n) is 2.60. The lowest BCUT2D eigenvalue weighted by Gasteiger charge is -2.46. The van der Waals surface area contributed by atoms with Gasteiger partial charge in [-0.25, -0.2) is 0 Å². The van der Waals surface area contributed by atoms with Crippen LogP contribution in [0.1, 0.15) is 47.5 Å². The molecule has 0 unspecified atom stereocenters. The highest BCUT2D eigenvalue weighted by Crippen LogP contribution is 2.33. The highest BCUT2D eigenvalue weighted by atomic mass is 16.2. The fourth-order valence-corrected chi connectivity index (χ4v) is 2.60. The molecule has 0 atom stereocenters. The minimum Gasteiger partial charge on any atom is -0.342 e. The zero-order valence-electron chi connectivity index (χ0n) is 13.7. The summed E-state index contributed by atoms with van der Waals surface area (Å²) in [6.45, 7) is 15.3. The predicted octanol–water partition coefficient (Wildman–Crippen LogP) is 2.86. The van der Waals surface area contributed by atoms with Crippen LogP contribution in [0.4, 0.5) is 0 Å². The van der Waals surface area contributed by atoms with Crippen molar-refractivity contribution in [2.45, 2.75) is 47.5 Å². The molecule has 1 heterocycles. The zero-order valence-corrected chi connectivity index (χ0v) is 13.7. The molecule has 3 heteroatoms. The van der Waals surface area contributed by atoms with Gasteiger partial charge in [0.15, 0.2) is 0 Å². The molecule has 0 aliphatic carbocycles. The van der Waals surface area contributed by atoms with Gasteiger partial charge in [0, 0.05) is 26.1 Å². The van der Waals surface area contributed by atoms with Gasteiger partial charge in [0.2, 0.25) is 5.91 Å². The van der Waals surface area contributed by atoms with Crippen molar-refractivity contribution in [3.8, 4) is 0 Å². The van der Waals surface area contributed by atoms with Crippen LogP contribution in [0.5, 0.6) is 0 Å². The Bertz CT molecular complexity index is 288. The first-order valence-corrected chi connectivity index (χ1v) is 7.66. The number of hydrogen-bond donors (Lipinski definition) is 0. The van der Waals surface area contributed by atoms with Crippen LogP contribution in [0.15, 0.2) is 0 Å². The number of rotatable bonds is 6. The summed E-state index contributed by atoms with van der Waals surface area (Å²) in [5.41, 5.74) is 0.342. The molecule has 1 fully saturated rings. The third-order valence-corrected chi connectivity index (χ3v) is 4.07. The van der Waals surface area contributed by atoms with Crippen LogP contribution in [0, 0.1) is 17.3 Å². The fraction of sp³-hybridized carbons (Fsp3) is 0.938. The van der Waals surface area contributed by atoms with Crippen molar-refractivity contribution in [2.24, 2.45) is 17.3 Å². The topological polar surface area (TPSA) is 23.6 Å². The van der Waals surface area contributed by atoms with Crippen molar-refractivity contribution in [3.05, 3.63) is 0 Å². The molecule has 1 saturated heterocycles. The largest absolute Gasteiger partial charge is 0.342 e. The smallest absolute Gasteiger partial charge is 0.222 e. The quantitative estimate of drug-likeness (QED) is 0.739. The number of likely N-dealkylation sites (tertiary alicyclic amines) is 1. The molecule has 0 saturated carbocycles. The summed E-state index contributed by atoms with van der Waals surface area (Å²) in [4.78, 5) is 16.4. The van der Waals surface area contributed by atoms with Crippen LogP contribution in [-0.4, -0.2) is 48.9 Å². The summed E-state index contributed by atoms with van der Waals surface area (Å²) in [5, 5.41) is 0. The Morgan fingerprint density at radius 1 is 1.32 bits per heavy atom. The van der Waals surface area contributed by atoms with Gasteiger partial charge < -0.3 is 9.80 Å². The SMILES string of the molecule is CC(C)CN(C)CCCC(=O)N1CC(C(C)(C)C)C1. The molecule has 0 bridgehead atoms. The first-order valence-electron chi connectivity index (χ1n) is 7.66. The van der Waals surface area contributed by atoms with Crippen molar-refractivity contribution >= 4 is 5.91 Å². The molecule has 0 aromatic carbocycles. The number of nitrogens with zero attached hydrogens (tertiary/aromatic N) is 2. The van der Waals surface area contributed by atoms with E-state index in [1.807, 2.05) is 4.90 Å². The van der Waals surface area contributed by atoms with Gasteiger partial charge in [-0.1, -0.05) is 34.6 Å². The molecule has 1 amide bonds. The van der Waals surface area contributed by atoms with E-state index in [1.165, 1.54) is 0 Å². The molecular weight excluding hydrogens is 236 g/mol. The average molecular weight is 268 g/mol. The molecule has 0 N–H and O–H groups in total. The van der Waals surface area contributed by atoms with Crippen molar-refractivity contribution in [2.75, 3.05) is 33.2 Å². The van der Waals surface area contributed by atoms with Crippen LogP contribution in [0.2, 0.25) is 0 Å². The van der Waals surface area contributed by atoms with Gasteiger partial charge in [0.05, 0.1) is 0 Å². The van der Waals surface area contributed by atoms with E-state index in [4.69, 9.17) is 0 Å². The lowest BCUT2D eigenvalue weighted by Crippen LogP contribution is -2.54. The monoisotopic (exact) mass is 268 g/mol. The van der Waals surface area contributed by atoms with Gasteiger partial charge in [0.1, 0.15) is 0 Å². The maximum atomic E-state index is 12.0. The second-order valence-electron chi connectivity index (χ2n) is 7.62. The van der Waals surface area contributed by atoms with E-state index < -0.39 is 0 Å². The van der Waals surface area contributed by atoms with E-state index in [9.17, 15) is 4.79 Å². The Balaban J connectivity index is 2.13. The van der Waals surface area contributed by atoms with Crippen LogP contribution in [-0.2, 0) is 4.79 Å². The molecule has 0 radical (unpaired) electrons. The Morgan fingerprint density at radius 3 is 2.37 bits per heavy atom. The Morgan fingerprint density at radius 2 is 1.89 bits per heavy atom. The van der Waals surface area contributed by atoms with E-state index in [1.54, 1.807) is 0 Å². The van der Waals surface area contributed by atoms with Crippen LogP contribution < -0.4 is 0 Å². The van der Waals surface area contributed by atoms with E-state index in [-0.39, 0.29) is 0 Å². The average Bonchev–Trinajstić information content (AvgIpc) is 2.10. The summed E-state index contributed by atoms with van der Waals surface area (Å²) >= 11 is 0. The number of carbonyl (C=O) groups excluding carboxylic acids is 1. The van der Waals surface area contributed by atoms with Gasteiger partial charge in [-0.05, 0) is 37.3 Å². The molecule has 112 valence electrons. The molecular formula is C16H32N2O. The second kappa shape index (κ2) is 6.74. The van der Waals surface area contributed by atoms with Gasteiger partial charge in [-0.15, -0.1) is 0 Å². The highest BCUT2D eigenvalue weighted by Gasteiger charge is 2.37. The third kappa shape index (κ3) is 5.52. The van der Waals surface area contributed by atoms with Crippen LogP contribution in [0.3, 0.4) is 0 Å². The van der Waals surface area contributed by atoms with Crippen LogP contribution >= 0.6 is 0 Å². The van der Waals surface area contributed by atoms with E-state index in [2.05, 4.69) is 46.6 Å². The normalized spacial score (nSPS) is 17.2. The molecule has 1 rings (SSSR count). The Hall–Kier alpha value is -0.570. The Kier molecular flexibility index (Phi) is 5.84. The third-order valence-electron chi connectivity index (χ3n) is 4.07. The predicted molar refractivity (Wildman–Crippen MR) is 81.1 cm³/mol. The molecule has 0 aromatic heterocycles. The molecule has 1 aliphatic heterocycles. The summed E-state index contributed by atoms with van der Waals surface area (Å²) < 4.78 is 0. The Labute approximate surface area is 119 Å². The van der Waals surface area contributed by atoms with Gasteiger partial charge in [-0.2, -0.15) is 0 Å². The van der Waals surface area contributed by atoms with Gasteiger partial charge in [0.25, 0.3) is 0 Å². The van der Waals surface area contributed by atoms with E-state index in [0.717, 1.165) is 32.6 Å². The minimum atomic E-state index is 0.342. The lowest BCUT2D eigenvalue weighted by molar-refractivity contribution is -0.140. The molecule has 1 aliphatic rings. The molecule has 3 nitrogen and oxygen atoms in total.